The van der Waals surface area contributed by atoms with Crippen LogP contribution >= 0.6 is 11.6 Å². The smallest absolute Gasteiger partial charge is 0.161 e. The number of rotatable bonds is 1. The molecule has 0 amide bonds. The molecule has 3 rings (SSSR count). The van der Waals surface area contributed by atoms with Gasteiger partial charge >= 0.3 is 0 Å². The zero-order valence-corrected chi connectivity index (χ0v) is 11.6. The minimum atomic E-state index is 0.524. The van der Waals surface area contributed by atoms with E-state index in [0.29, 0.717) is 11.0 Å². The molecule has 0 aliphatic heterocycles. The maximum atomic E-state index is 6.14. The molecule has 0 saturated carbocycles. The Bertz CT molecular complexity index is 743. The highest BCUT2D eigenvalue weighted by Gasteiger charge is 2.08. The molecule has 1 aromatic heterocycles. The largest absolute Gasteiger partial charge is 0.233 e. The van der Waals surface area contributed by atoms with Gasteiger partial charge in [-0.2, -0.15) is 0 Å². The summed E-state index contributed by atoms with van der Waals surface area (Å²) in [7, 11) is 0. The summed E-state index contributed by atoms with van der Waals surface area (Å²) in [5.74, 6) is 0.679. The summed E-state index contributed by atoms with van der Waals surface area (Å²) in [5.41, 5.74) is 2.85. The number of aryl methyl sites for hydroxylation is 1. The van der Waals surface area contributed by atoms with Gasteiger partial charge in [0.25, 0.3) is 0 Å². The van der Waals surface area contributed by atoms with E-state index in [-0.39, 0.29) is 0 Å². The molecular formula is C16H13ClN2. The highest BCUT2D eigenvalue weighted by molar-refractivity contribution is 6.30. The van der Waals surface area contributed by atoms with Crippen LogP contribution in [0.2, 0.25) is 5.15 Å². The van der Waals surface area contributed by atoms with Gasteiger partial charge in [0.05, 0.1) is 0 Å². The molecule has 3 aromatic rings. The fraction of sp³-hybridized carbons (Fsp3) is 0.125. The second kappa shape index (κ2) is 4.63. The van der Waals surface area contributed by atoms with Gasteiger partial charge in [0.1, 0.15) is 5.15 Å². The average Bonchev–Trinajstić information content (AvgIpc) is 2.43. The van der Waals surface area contributed by atoms with Crippen molar-refractivity contribution in [3.8, 4) is 11.4 Å². The lowest BCUT2D eigenvalue weighted by Crippen LogP contribution is -1.96. The number of benzene rings is 2. The lowest BCUT2D eigenvalue weighted by atomic mass is 10.1. The van der Waals surface area contributed by atoms with Crippen molar-refractivity contribution in [3.05, 3.63) is 58.9 Å². The van der Waals surface area contributed by atoms with Crippen molar-refractivity contribution in [3.63, 3.8) is 0 Å². The molecule has 0 saturated heterocycles. The number of hydrogen-bond donors (Lipinski definition) is 0. The second-order valence-electron chi connectivity index (χ2n) is 4.61. The molecular weight excluding hydrogens is 256 g/mol. The van der Waals surface area contributed by atoms with Crippen LogP contribution in [0.25, 0.3) is 22.2 Å². The van der Waals surface area contributed by atoms with Crippen molar-refractivity contribution in [2.45, 2.75) is 13.8 Å². The molecule has 0 aliphatic rings. The van der Waals surface area contributed by atoms with Gasteiger partial charge in [0, 0.05) is 16.8 Å². The molecule has 0 bridgehead atoms. The maximum absolute atomic E-state index is 6.14. The zero-order chi connectivity index (χ0) is 13.4. The van der Waals surface area contributed by atoms with E-state index in [9.17, 15) is 0 Å². The first kappa shape index (κ1) is 12.1. The number of hydrogen-bond acceptors (Lipinski definition) is 2. The standard InChI is InChI=1S/C16H13ClN2/c1-10-11(2)18-16(19-15(10)17)14-8-7-12-5-3-4-6-13(12)9-14/h3-9H,1-2H3. The topological polar surface area (TPSA) is 25.8 Å². The quantitative estimate of drug-likeness (QED) is 0.604. The summed E-state index contributed by atoms with van der Waals surface area (Å²) in [6.45, 7) is 3.88. The van der Waals surface area contributed by atoms with E-state index in [0.717, 1.165) is 16.8 Å². The summed E-state index contributed by atoms with van der Waals surface area (Å²) in [6.07, 6.45) is 0. The Morgan fingerprint density at radius 3 is 2.37 bits per heavy atom. The van der Waals surface area contributed by atoms with Crippen LogP contribution in [-0.4, -0.2) is 9.97 Å². The van der Waals surface area contributed by atoms with E-state index in [1.807, 2.05) is 32.0 Å². The van der Waals surface area contributed by atoms with Crippen molar-refractivity contribution in [1.82, 2.24) is 9.97 Å². The first-order valence-electron chi connectivity index (χ1n) is 6.15. The maximum Gasteiger partial charge on any atom is 0.161 e. The van der Waals surface area contributed by atoms with Crippen LogP contribution in [0.15, 0.2) is 42.5 Å². The first-order chi connectivity index (χ1) is 9.15. The lowest BCUT2D eigenvalue weighted by molar-refractivity contribution is 1.07. The third kappa shape index (κ3) is 2.20. The molecule has 0 aliphatic carbocycles. The van der Waals surface area contributed by atoms with Crippen molar-refractivity contribution in [2.24, 2.45) is 0 Å². The van der Waals surface area contributed by atoms with Crippen LogP contribution in [-0.2, 0) is 0 Å². The highest BCUT2D eigenvalue weighted by atomic mass is 35.5. The summed E-state index contributed by atoms with van der Waals surface area (Å²) < 4.78 is 0. The van der Waals surface area contributed by atoms with Crippen LogP contribution < -0.4 is 0 Å². The third-order valence-electron chi connectivity index (χ3n) is 3.34. The van der Waals surface area contributed by atoms with Crippen LogP contribution in [0.1, 0.15) is 11.3 Å². The van der Waals surface area contributed by atoms with Crippen molar-refractivity contribution < 1.29 is 0 Å². The zero-order valence-electron chi connectivity index (χ0n) is 10.8. The normalized spacial score (nSPS) is 10.9. The summed E-state index contributed by atoms with van der Waals surface area (Å²) in [6, 6.07) is 14.4. The molecule has 3 heteroatoms. The minimum absolute atomic E-state index is 0.524. The van der Waals surface area contributed by atoms with Gasteiger partial charge in [0.15, 0.2) is 5.82 Å². The molecule has 0 unspecified atom stereocenters. The van der Waals surface area contributed by atoms with Crippen molar-refractivity contribution in [1.29, 1.82) is 0 Å². The molecule has 19 heavy (non-hydrogen) atoms. The van der Waals surface area contributed by atoms with Gasteiger partial charge < -0.3 is 0 Å². The number of halogens is 1. The Kier molecular flexibility index (Phi) is 2.96. The molecule has 2 aromatic carbocycles. The fourth-order valence-corrected chi connectivity index (χ4v) is 2.27. The highest BCUT2D eigenvalue weighted by Crippen LogP contribution is 2.24. The predicted molar refractivity (Wildman–Crippen MR) is 79.5 cm³/mol. The van der Waals surface area contributed by atoms with E-state index in [2.05, 4.69) is 34.2 Å². The number of nitrogens with zero attached hydrogens (tertiary/aromatic N) is 2. The van der Waals surface area contributed by atoms with E-state index >= 15 is 0 Å². The van der Waals surface area contributed by atoms with Gasteiger partial charge in [-0.25, -0.2) is 9.97 Å². The lowest BCUT2D eigenvalue weighted by Gasteiger charge is -2.07. The van der Waals surface area contributed by atoms with Crippen LogP contribution in [0.3, 0.4) is 0 Å². The summed E-state index contributed by atoms with van der Waals surface area (Å²) >= 11 is 6.14. The van der Waals surface area contributed by atoms with Crippen molar-refractivity contribution >= 4 is 22.4 Å². The third-order valence-corrected chi connectivity index (χ3v) is 3.71. The SMILES string of the molecule is Cc1nc(-c2ccc3ccccc3c2)nc(Cl)c1C. The van der Waals surface area contributed by atoms with Crippen LogP contribution in [0, 0.1) is 13.8 Å². The summed E-state index contributed by atoms with van der Waals surface area (Å²) in [4.78, 5) is 8.88. The Hall–Kier alpha value is -1.93. The predicted octanol–water partition coefficient (Wildman–Crippen LogP) is 4.57. The molecule has 0 fully saturated rings. The summed E-state index contributed by atoms with van der Waals surface area (Å²) in [5, 5.41) is 2.91. The number of aromatic nitrogens is 2. The fourth-order valence-electron chi connectivity index (χ4n) is 2.05. The second-order valence-corrected chi connectivity index (χ2v) is 4.97. The van der Waals surface area contributed by atoms with Gasteiger partial charge in [-0.1, -0.05) is 48.0 Å². The minimum Gasteiger partial charge on any atom is -0.233 e. The van der Waals surface area contributed by atoms with E-state index < -0.39 is 0 Å². The Morgan fingerprint density at radius 2 is 1.63 bits per heavy atom. The molecule has 0 atom stereocenters. The number of fused-ring (bicyclic) bond motifs is 1. The molecule has 0 radical (unpaired) electrons. The Labute approximate surface area is 117 Å². The van der Waals surface area contributed by atoms with Gasteiger partial charge in [-0.15, -0.1) is 0 Å². The van der Waals surface area contributed by atoms with E-state index in [1.54, 1.807) is 0 Å². The molecule has 0 spiro atoms. The Balaban J connectivity index is 2.19. The first-order valence-corrected chi connectivity index (χ1v) is 6.53. The van der Waals surface area contributed by atoms with Gasteiger partial charge in [0.2, 0.25) is 0 Å². The Morgan fingerprint density at radius 1 is 0.895 bits per heavy atom. The van der Waals surface area contributed by atoms with E-state index in [1.165, 1.54) is 10.8 Å². The van der Waals surface area contributed by atoms with Crippen molar-refractivity contribution in [2.75, 3.05) is 0 Å². The average molecular weight is 269 g/mol. The molecule has 94 valence electrons. The molecule has 0 N–H and O–H groups in total. The van der Waals surface area contributed by atoms with Gasteiger partial charge in [-0.3, -0.25) is 0 Å². The van der Waals surface area contributed by atoms with E-state index in [4.69, 9.17) is 11.6 Å². The molecule has 1 heterocycles. The van der Waals surface area contributed by atoms with Crippen LogP contribution in [0.5, 0.6) is 0 Å². The van der Waals surface area contributed by atoms with Crippen LogP contribution in [0.4, 0.5) is 0 Å². The molecule has 2 nitrogen and oxygen atoms in total. The van der Waals surface area contributed by atoms with Gasteiger partial charge in [-0.05, 0) is 30.7 Å². The monoisotopic (exact) mass is 268 g/mol.